The van der Waals surface area contributed by atoms with Gasteiger partial charge in [0.15, 0.2) is 0 Å². The molecule has 0 heterocycles. The van der Waals surface area contributed by atoms with Gasteiger partial charge in [-0.25, -0.2) is 0 Å². The first-order valence-electron chi connectivity index (χ1n) is 4.62. The van der Waals surface area contributed by atoms with Crippen LogP contribution in [0.25, 0.3) is 0 Å². The maximum absolute atomic E-state index is 11.8. The van der Waals surface area contributed by atoms with Gasteiger partial charge in [0, 0.05) is 12.8 Å². The third kappa shape index (κ3) is 2.80. The van der Waals surface area contributed by atoms with Crippen LogP contribution in [0.15, 0.2) is 0 Å². The van der Waals surface area contributed by atoms with Gasteiger partial charge in [0.1, 0.15) is 24.0 Å². The van der Waals surface area contributed by atoms with E-state index in [1.165, 1.54) is 0 Å². The fourth-order valence-corrected chi connectivity index (χ4v) is 1.60. The minimum Gasteiger partial charge on any atom is -0.346 e. The second-order valence-electron chi connectivity index (χ2n) is 3.79. The molecule has 1 unspecified atom stereocenters. The number of hydrogen-bond acceptors (Lipinski definition) is 3. The molecule has 0 saturated heterocycles. The molecule has 1 rings (SSSR count). The van der Waals surface area contributed by atoms with Crippen molar-refractivity contribution >= 4 is 18.0 Å². The highest BCUT2D eigenvalue weighted by atomic mass is 19.4. The molecule has 0 bridgehead atoms. The molecular formula is C9H10F3NO3. The summed E-state index contributed by atoms with van der Waals surface area (Å²) in [5.41, 5.74) is -1.59. The number of nitrogens with one attached hydrogen (secondary N) is 1. The molecule has 1 amide bonds. The molecule has 1 N–H and O–H groups in total. The largest absolute Gasteiger partial charge is 0.405 e. The Hall–Kier alpha value is -1.40. The third-order valence-corrected chi connectivity index (χ3v) is 2.49. The summed E-state index contributed by atoms with van der Waals surface area (Å²) in [6, 6.07) is 0. The Kier molecular flexibility index (Phi) is 3.35. The molecule has 0 aliphatic heterocycles. The Bertz CT molecular complexity index is 326. The fraction of sp³-hybridized carbons (Fsp3) is 0.667. The van der Waals surface area contributed by atoms with Gasteiger partial charge in [0.05, 0.1) is 0 Å². The number of Topliss-reactive ketones (excluding diaryl/α,β-unsaturated/α-hetero) is 1. The Morgan fingerprint density at radius 2 is 2.12 bits per heavy atom. The molecule has 7 heteroatoms. The zero-order chi connectivity index (χ0) is 12.4. The molecule has 1 aliphatic carbocycles. The molecule has 90 valence electrons. The highest BCUT2D eigenvalue weighted by Crippen LogP contribution is 2.34. The SMILES string of the molecule is O=CC1(C(=O)NCC(F)(F)F)CCC(=O)C1. The predicted molar refractivity (Wildman–Crippen MR) is 46.4 cm³/mol. The highest BCUT2D eigenvalue weighted by Gasteiger charge is 2.45. The number of hydrogen-bond donors (Lipinski definition) is 1. The van der Waals surface area contributed by atoms with Crippen LogP contribution >= 0.6 is 0 Å². The van der Waals surface area contributed by atoms with E-state index >= 15 is 0 Å². The number of carbonyl (C=O) groups excluding carboxylic acids is 3. The van der Waals surface area contributed by atoms with Crippen molar-refractivity contribution in [3.8, 4) is 0 Å². The Labute approximate surface area is 89.2 Å². The summed E-state index contributed by atoms with van der Waals surface area (Å²) >= 11 is 0. The summed E-state index contributed by atoms with van der Waals surface area (Å²) in [5.74, 6) is -1.31. The third-order valence-electron chi connectivity index (χ3n) is 2.49. The van der Waals surface area contributed by atoms with Crippen molar-refractivity contribution in [2.75, 3.05) is 6.54 Å². The van der Waals surface area contributed by atoms with E-state index in [0.29, 0.717) is 0 Å². The van der Waals surface area contributed by atoms with Crippen LogP contribution in [-0.4, -0.2) is 30.7 Å². The first kappa shape index (κ1) is 12.7. The molecule has 0 radical (unpaired) electrons. The number of rotatable bonds is 3. The lowest BCUT2D eigenvalue weighted by atomic mass is 9.87. The minimum atomic E-state index is -4.53. The first-order valence-corrected chi connectivity index (χ1v) is 4.62. The summed E-state index contributed by atoms with van der Waals surface area (Å²) in [6.45, 7) is -1.49. The molecule has 1 atom stereocenters. The smallest absolute Gasteiger partial charge is 0.346 e. The van der Waals surface area contributed by atoms with Gasteiger partial charge >= 0.3 is 6.18 Å². The van der Waals surface area contributed by atoms with Crippen LogP contribution < -0.4 is 5.32 Å². The summed E-state index contributed by atoms with van der Waals surface area (Å²) < 4.78 is 35.5. The van der Waals surface area contributed by atoms with E-state index in [4.69, 9.17) is 0 Å². The normalized spacial score (nSPS) is 25.6. The fourth-order valence-electron chi connectivity index (χ4n) is 1.60. The Morgan fingerprint density at radius 1 is 1.50 bits per heavy atom. The average molecular weight is 237 g/mol. The summed E-state index contributed by atoms with van der Waals surface area (Å²) in [6.07, 6.45) is -4.52. The van der Waals surface area contributed by atoms with Crippen molar-refractivity contribution in [2.45, 2.75) is 25.4 Å². The van der Waals surface area contributed by atoms with Crippen molar-refractivity contribution < 1.29 is 27.6 Å². The van der Waals surface area contributed by atoms with Crippen LogP contribution in [-0.2, 0) is 14.4 Å². The van der Waals surface area contributed by atoms with Crippen LogP contribution in [0.1, 0.15) is 19.3 Å². The Balaban J connectivity index is 2.64. The van der Waals surface area contributed by atoms with E-state index in [-0.39, 0.29) is 31.3 Å². The summed E-state index contributed by atoms with van der Waals surface area (Å²) in [7, 11) is 0. The van der Waals surface area contributed by atoms with Crippen LogP contribution in [0.5, 0.6) is 0 Å². The van der Waals surface area contributed by atoms with Gasteiger partial charge in [-0.2, -0.15) is 13.2 Å². The Morgan fingerprint density at radius 3 is 2.50 bits per heavy atom. The van der Waals surface area contributed by atoms with Gasteiger partial charge in [-0.05, 0) is 6.42 Å². The van der Waals surface area contributed by atoms with Crippen molar-refractivity contribution in [3.05, 3.63) is 0 Å². The molecule has 1 fully saturated rings. The van der Waals surface area contributed by atoms with Crippen LogP contribution in [0.3, 0.4) is 0 Å². The molecule has 0 aromatic heterocycles. The molecule has 4 nitrogen and oxygen atoms in total. The quantitative estimate of drug-likeness (QED) is 0.577. The lowest BCUT2D eigenvalue weighted by molar-refractivity contribution is -0.147. The molecule has 1 aliphatic rings. The number of aldehydes is 1. The standard InChI is InChI=1S/C9H10F3NO3/c10-9(11,12)4-13-7(16)8(5-14)2-1-6(15)3-8/h5H,1-4H2,(H,13,16). The number of ketones is 1. The van der Waals surface area contributed by atoms with Crippen molar-refractivity contribution in [3.63, 3.8) is 0 Å². The van der Waals surface area contributed by atoms with Gasteiger partial charge in [0.2, 0.25) is 5.91 Å². The van der Waals surface area contributed by atoms with E-state index in [1.807, 2.05) is 0 Å². The molecule has 0 spiro atoms. The molecule has 16 heavy (non-hydrogen) atoms. The maximum atomic E-state index is 11.8. The number of halogens is 3. The zero-order valence-electron chi connectivity index (χ0n) is 8.26. The second-order valence-corrected chi connectivity index (χ2v) is 3.79. The van der Waals surface area contributed by atoms with Crippen molar-refractivity contribution in [1.82, 2.24) is 5.32 Å². The van der Waals surface area contributed by atoms with Crippen molar-refractivity contribution in [1.29, 1.82) is 0 Å². The summed E-state index contributed by atoms with van der Waals surface area (Å²) in [4.78, 5) is 33.1. The van der Waals surface area contributed by atoms with E-state index in [1.54, 1.807) is 5.32 Å². The number of amides is 1. The number of carbonyl (C=O) groups is 3. The van der Waals surface area contributed by atoms with Gasteiger partial charge in [-0.15, -0.1) is 0 Å². The zero-order valence-corrected chi connectivity index (χ0v) is 8.26. The average Bonchev–Trinajstić information content (AvgIpc) is 2.56. The van der Waals surface area contributed by atoms with E-state index < -0.39 is 24.0 Å². The lowest BCUT2D eigenvalue weighted by Gasteiger charge is -2.20. The minimum absolute atomic E-state index is 0.0149. The van der Waals surface area contributed by atoms with Crippen LogP contribution in [0.2, 0.25) is 0 Å². The molecule has 0 aromatic carbocycles. The monoisotopic (exact) mass is 237 g/mol. The van der Waals surface area contributed by atoms with E-state index in [2.05, 4.69) is 0 Å². The second kappa shape index (κ2) is 4.23. The van der Waals surface area contributed by atoms with Crippen LogP contribution in [0, 0.1) is 5.41 Å². The topological polar surface area (TPSA) is 63.2 Å². The first-order chi connectivity index (χ1) is 7.29. The van der Waals surface area contributed by atoms with Gasteiger partial charge in [0.25, 0.3) is 0 Å². The van der Waals surface area contributed by atoms with Gasteiger partial charge < -0.3 is 10.1 Å². The van der Waals surface area contributed by atoms with Gasteiger partial charge in [-0.1, -0.05) is 0 Å². The molecular weight excluding hydrogens is 227 g/mol. The highest BCUT2D eigenvalue weighted by molar-refractivity contribution is 6.03. The summed E-state index contributed by atoms with van der Waals surface area (Å²) in [5, 5.41) is 1.63. The predicted octanol–water partition coefficient (Wildman–Crippen LogP) is 0.603. The van der Waals surface area contributed by atoms with E-state index in [9.17, 15) is 27.6 Å². The molecule has 1 saturated carbocycles. The maximum Gasteiger partial charge on any atom is 0.405 e. The lowest BCUT2D eigenvalue weighted by Crippen LogP contribution is -2.44. The van der Waals surface area contributed by atoms with Crippen molar-refractivity contribution in [2.24, 2.45) is 5.41 Å². The number of alkyl halides is 3. The van der Waals surface area contributed by atoms with Gasteiger partial charge in [-0.3, -0.25) is 9.59 Å². The van der Waals surface area contributed by atoms with E-state index in [0.717, 1.165) is 0 Å². The van der Waals surface area contributed by atoms with Crippen LogP contribution in [0.4, 0.5) is 13.2 Å². The molecule has 0 aromatic rings.